The molecular weight excluding hydrogens is 422 g/mol. The SMILES string of the molecule is CSCC[C@H](NC(=O)c1ccc(C(C)(C)C)cc1)C(=O)Nc1ccc(OC(F)F)cc1. The van der Waals surface area contributed by atoms with Crippen LogP contribution in [0.25, 0.3) is 0 Å². The van der Waals surface area contributed by atoms with E-state index in [4.69, 9.17) is 0 Å². The van der Waals surface area contributed by atoms with Crippen LogP contribution in [0.3, 0.4) is 0 Å². The lowest BCUT2D eigenvalue weighted by atomic mass is 9.86. The van der Waals surface area contributed by atoms with E-state index in [1.807, 2.05) is 18.4 Å². The van der Waals surface area contributed by atoms with Crippen LogP contribution in [0.2, 0.25) is 0 Å². The number of carbonyl (C=O) groups excluding carboxylic acids is 2. The summed E-state index contributed by atoms with van der Waals surface area (Å²) in [4.78, 5) is 25.4. The van der Waals surface area contributed by atoms with E-state index in [0.29, 0.717) is 23.4 Å². The molecule has 0 aliphatic carbocycles. The van der Waals surface area contributed by atoms with Gasteiger partial charge in [0.25, 0.3) is 5.91 Å². The third-order valence-electron chi connectivity index (χ3n) is 4.59. The molecule has 0 aliphatic heterocycles. The molecule has 8 heteroatoms. The first-order valence-electron chi connectivity index (χ1n) is 9.86. The number of hydrogen-bond acceptors (Lipinski definition) is 4. The largest absolute Gasteiger partial charge is 0.435 e. The fraction of sp³-hybridized carbons (Fsp3) is 0.391. The van der Waals surface area contributed by atoms with Crippen molar-refractivity contribution in [3.05, 3.63) is 59.7 Å². The van der Waals surface area contributed by atoms with Crippen LogP contribution in [0, 0.1) is 0 Å². The predicted molar refractivity (Wildman–Crippen MR) is 121 cm³/mol. The maximum absolute atomic E-state index is 12.7. The first-order chi connectivity index (χ1) is 14.6. The van der Waals surface area contributed by atoms with Crippen LogP contribution in [0.1, 0.15) is 43.1 Å². The van der Waals surface area contributed by atoms with E-state index in [-0.39, 0.29) is 23.0 Å². The molecule has 2 N–H and O–H groups in total. The maximum atomic E-state index is 12.7. The van der Waals surface area contributed by atoms with E-state index >= 15 is 0 Å². The molecule has 0 saturated carbocycles. The number of carbonyl (C=O) groups is 2. The second-order valence-corrected chi connectivity index (χ2v) is 9.01. The van der Waals surface area contributed by atoms with Crippen molar-refractivity contribution < 1.29 is 23.1 Å². The number of thioether (sulfide) groups is 1. The number of benzene rings is 2. The minimum absolute atomic E-state index is 0.000983. The van der Waals surface area contributed by atoms with Crippen molar-refractivity contribution in [1.82, 2.24) is 5.32 Å². The summed E-state index contributed by atoms with van der Waals surface area (Å²) >= 11 is 1.57. The summed E-state index contributed by atoms with van der Waals surface area (Å²) < 4.78 is 28.8. The quantitative estimate of drug-likeness (QED) is 0.559. The Morgan fingerprint density at radius 3 is 2.16 bits per heavy atom. The fourth-order valence-corrected chi connectivity index (χ4v) is 3.29. The molecule has 168 valence electrons. The summed E-state index contributed by atoms with van der Waals surface area (Å²) in [6.45, 7) is 3.37. The van der Waals surface area contributed by atoms with Gasteiger partial charge in [0.15, 0.2) is 0 Å². The fourth-order valence-electron chi connectivity index (χ4n) is 2.82. The second kappa shape index (κ2) is 11.1. The average molecular weight is 451 g/mol. The molecular formula is C23H28F2N2O3S. The van der Waals surface area contributed by atoms with Crippen molar-refractivity contribution in [2.45, 2.75) is 45.3 Å². The summed E-state index contributed by atoms with van der Waals surface area (Å²) in [5, 5.41) is 5.51. The van der Waals surface area contributed by atoms with Gasteiger partial charge in [0.2, 0.25) is 5.91 Å². The van der Waals surface area contributed by atoms with E-state index in [9.17, 15) is 18.4 Å². The Labute approximate surface area is 185 Å². The molecule has 0 spiro atoms. The van der Waals surface area contributed by atoms with Gasteiger partial charge >= 0.3 is 6.61 Å². The Kier molecular flexibility index (Phi) is 8.86. The molecule has 0 heterocycles. The first kappa shape index (κ1) is 24.7. The van der Waals surface area contributed by atoms with Gasteiger partial charge in [-0.05, 0) is 65.8 Å². The topological polar surface area (TPSA) is 67.4 Å². The summed E-state index contributed by atoms with van der Waals surface area (Å²) in [5.41, 5.74) is 1.99. The highest BCUT2D eigenvalue weighted by Gasteiger charge is 2.22. The molecule has 5 nitrogen and oxygen atoms in total. The van der Waals surface area contributed by atoms with Gasteiger partial charge in [0.05, 0.1) is 0 Å². The lowest BCUT2D eigenvalue weighted by Gasteiger charge is -2.20. The standard InChI is InChI=1S/C23H28F2N2O3S/c1-23(2,3)16-7-5-15(6-8-16)20(28)27-19(13-14-31-4)21(29)26-17-9-11-18(12-10-17)30-22(24)25/h5-12,19,22H,13-14H2,1-4H3,(H,26,29)(H,27,28)/t19-/m0/s1. The Balaban J connectivity index is 2.06. The molecule has 1 atom stereocenters. The number of halogens is 2. The van der Waals surface area contributed by atoms with Gasteiger partial charge in [-0.25, -0.2) is 0 Å². The van der Waals surface area contributed by atoms with Crippen molar-refractivity contribution in [2.24, 2.45) is 0 Å². The van der Waals surface area contributed by atoms with E-state index in [1.165, 1.54) is 24.3 Å². The molecule has 0 aromatic heterocycles. The zero-order valence-electron chi connectivity index (χ0n) is 18.1. The monoisotopic (exact) mass is 450 g/mol. The highest BCUT2D eigenvalue weighted by molar-refractivity contribution is 7.98. The third kappa shape index (κ3) is 7.86. The van der Waals surface area contributed by atoms with Crippen molar-refractivity contribution in [3.63, 3.8) is 0 Å². The lowest BCUT2D eigenvalue weighted by Crippen LogP contribution is -2.44. The van der Waals surface area contributed by atoms with Crippen LogP contribution in [0.4, 0.5) is 14.5 Å². The molecule has 0 fully saturated rings. The van der Waals surface area contributed by atoms with Crippen molar-refractivity contribution in [1.29, 1.82) is 0 Å². The van der Waals surface area contributed by atoms with Crippen LogP contribution in [-0.4, -0.2) is 36.5 Å². The number of ether oxygens (including phenoxy) is 1. The summed E-state index contributed by atoms with van der Waals surface area (Å²) in [6.07, 6.45) is 2.37. The average Bonchev–Trinajstić information content (AvgIpc) is 2.71. The molecule has 2 aromatic carbocycles. The molecule has 0 saturated heterocycles. The molecule has 0 aliphatic rings. The summed E-state index contributed by atoms with van der Waals surface area (Å²) in [5.74, 6) is -0.0276. The van der Waals surface area contributed by atoms with E-state index in [0.717, 1.165) is 5.56 Å². The summed E-state index contributed by atoms with van der Waals surface area (Å²) in [6, 6.07) is 12.2. The van der Waals surface area contributed by atoms with Gasteiger partial charge in [0.1, 0.15) is 11.8 Å². The highest BCUT2D eigenvalue weighted by Crippen LogP contribution is 2.22. The minimum Gasteiger partial charge on any atom is -0.435 e. The van der Waals surface area contributed by atoms with E-state index in [1.54, 1.807) is 23.9 Å². The maximum Gasteiger partial charge on any atom is 0.387 e. The first-order valence-corrected chi connectivity index (χ1v) is 11.3. The minimum atomic E-state index is -2.91. The number of nitrogens with one attached hydrogen (secondary N) is 2. The number of anilines is 1. The smallest absolute Gasteiger partial charge is 0.387 e. The number of amides is 2. The zero-order valence-corrected chi connectivity index (χ0v) is 18.9. The van der Waals surface area contributed by atoms with Crippen molar-refractivity contribution in [2.75, 3.05) is 17.3 Å². The number of alkyl halides is 2. The van der Waals surface area contributed by atoms with Gasteiger partial charge in [-0.3, -0.25) is 9.59 Å². The van der Waals surface area contributed by atoms with E-state index in [2.05, 4.69) is 36.1 Å². The highest BCUT2D eigenvalue weighted by atomic mass is 32.2. The molecule has 2 aromatic rings. The molecule has 0 bridgehead atoms. The van der Waals surface area contributed by atoms with Crippen molar-refractivity contribution in [3.8, 4) is 5.75 Å². The molecule has 2 rings (SSSR count). The Hall–Kier alpha value is -2.61. The van der Waals surface area contributed by atoms with Gasteiger partial charge < -0.3 is 15.4 Å². The van der Waals surface area contributed by atoms with Crippen molar-refractivity contribution >= 4 is 29.3 Å². The van der Waals surface area contributed by atoms with Crippen LogP contribution >= 0.6 is 11.8 Å². The van der Waals surface area contributed by atoms with Gasteiger partial charge in [0, 0.05) is 11.3 Å². The van der Waals surface area contributed by atoms with Crippen LogP contribution < -0.4 is 15.4 Å². The predicted octanol–water partition coefficient (Wildman–Crippen LogP) is 5.08. The van der Waals surface area contributed by atoms with Gasteiger partial charge in [-0.2, -0.15) is 20.5 Å². The van der Waals surface area contributed by atoms with Crippen LogP contribution in [0.15, 0.2) is 48.5 Å². The molecule has 0 radical (unpaired) electrons. The molecule has 31 heavy (non-hydrogen) atoms. The lowest BCUT2D eigenvalue weighted by molar-refractivity contribution is -0.118. The van der Waals surface area contributed by atoms with E-state index < -0.39 is 12.7 Å². The Morgan fingerprint density at radius 1 is 1.03 bits per heavy atom. The second-order valence-electron chi connectivity index (χ2n) is 8.03. The van der Waals surface area contributed by atoms with Crippen LogP contribution in [0.5, 0.6) is 5.75 Å². The number of rotatable bonds is 9. The zero-order chi connectivity index (χ0) is 23.0. The molecule has 0 unspecified atom stereocenters. The summed E-state index contributed by atoms with van der Waals surface area (Å²) in [7, 11) is 0. The normalized spacial score (nSPS) is 12.4. The number of hydrogen-bond donors (Lipinski definition) is 2. The third-order valence-corrected chi connectivity index (χ3v) is 5.24. The van der Waals surface area contributed by atoms with Gasteiger partial charge in [-0.1, -0.05) is 32.9 Å². The molecule has 2 amide bonds. The van der Waals surface area contributed by atoms with Gasteiger partial charge in [-0.15, -0.1) is 0 Å². The van der Waals surface area contributed by atoms with Crippen LogP contribution in [-0.2, 0) is 10.2 Å². The Morgan fingerprint density at radius 2 is 1.65 bits per heavy atom. The Bertz CT molecular complexity index is 866.